The smallest absolute Gasteiger partial charge is 0.272 e. The molecule has 0 aromatic heterocycles. The van der Waals surface area contributed by atoms with E-state index in [4.69, 9.17) is 0 Å². The van der Waals surface area contributed by atoms with Crippen LogP contribution in [0.3, 0.4) is 0 Å². The second-order valence-electron chi connectivity index (χ2n) is 6.35. The first kappa shape index (κ1) is 14.3. The fraction of sp³-hybridized carbons (Fsp3) is 0.625. The number of benzene rings is 1. The molecule has 0 aliphatic carbocycles. The van der Waals surface area contributed by atoms with E-state index in [-0.39, 0.29) is 10.6 Å². The van der Waals surface area contributed by atoms with Gasteiger partial charge in [-0.3, -0.25) is 15.0 Å². The zero-order valence-electron chi connectivity index (χ0n) is 12.8. The first-order chi connectivity index (χ1) is 10.1. The molecule has 0 radical (unpaired) electrons. The van der Waals surface area contributed by atoms with Crippen LogP contribution in [0, 0.1) is 17.0 Å². The van der Waals surface area contributed by atoms with Gasteiger partial charge in [0.05, 0.1) is 4.92 Å². The summed E-state index contributed by atoms with van der Waals surface area (Å²) in [6.07, 6.45) is 3.82. The number of rotatable bonds is 3. The Morgan fingerprint density at radius 3 is 2.71 bits per heavy atom. The predicted octanol–water partition coefficient (Wildman–Crippen LogP) is 2.97. The topological polar surface area (TPSA) is 49.6 Å². The lowest BCUT2D eigenvalue weighted by Gasteiger charge is -2.28. The lowest BCUT2D eigenvalue weighted by molar-refractivity contribution is -0.385. The summed E-state index contributed by atoms with van der Waals surface area (Å²) in [5.74, 6) is 0. The lowest BCUT2D eigenvalue weighted by atomic mass is 10.1. The van der Waals surface area contributed by atoms with Gasteiger partial charge in [0.15, 0.2) is 0 Å². The van der Waals surface area contributed by atoms with Crippen LogP contribution in [0.5, 0.6) is 0 Å². The van der Waals surface area contributed by atoms with Crippen molar-refractivity contribution in [2.24, 2.45) is 0 Å². The molecule has 2 saturated heterocycles. The Balaban J connectivity index is 1.71. The summed E-state index contributed by atoms with van der Waals surface area (Å²) in [5, 5.41) is 10.9. The highest BCUT2D eigenvalue weighted by molar-refractivity contribution is 5.56. The number of hydrogen-bond acceptors (Lipinski definition) is 4. The van der Waals surface area contributed by atoms with Gasteiger partial charge in [-0.1, -0.05) is 0 Å². The van der Waals surface area contributed by atoms with E-state index >= 15 is 0 Å². The van der Waals surface area contributed by atoms with Gasteiger partial charge in [0.1, 0.15) is 0 Å². The van der Waals surface area contributed by atoms with E-state index in [1.165, 1.54) is 25.8 Å². The fourth-order valence-corrected chi connectivity index (χ4v) is 3.79. The summed E-state index contributed by atoms with van der Waals surface area (Å²) in [6.45, 7) is 7.45. The largest absolute Gasteiger partial charge is 0.370 e. The Hall–Kier alpha value is -1.62. The molecule has 2 fully saturated rings. The van der Waals surface area contributed by atoms with Crippen molar-refractivity contribution in [2.45, 2.75) is 45.2 Å². The first-order valence-corrected chi connectivity index (χ1v) is 7.82. The van der Waals surface area contributed by atoms with Crippen LogP contribution in [-0.4, -0.2) is 41.5 Å². The van der Waals surface area contributed by atoms with Gasteiger partial charge in [-0.25, -0.2) is 0 Å². The molecule has 2 aliphatic heterocycles. The van der Waals surface area contributed by atoms with Crippen molar-refractivity contribution >= 4 is 11.4 Å². The maximum atomic E-state index is 10.9. The molecule has 0 saturated carbocycles. The highest BCUT2D eigenvalue weighted by atomic mass is 16.6. The van der Waals surface area contributed by atoms with E-state index < -0.39 is 0 Å². The summed E-state index contributed by atoms with van der Waals surface area (Å²) in [4.78, 5) is 15.6. The van der Waals surface area contributed by atoms with Crippen molar-refractivity contribution in [1.82, 2.24) is 4.90 Å². The normalized spacial score (nSPS) is 26.5. The Kier molecular flexibility index (Phi) is 3.85. The first-order valence-electron chi connectivity index (χ1n) is 7.82. The molecule has 5 heteroatoms. The third kappa shape index (κ3) is 2.75. The van der Waals surface area contributed by atoms with Gasteiger partial charge < -0.3 is 4.90 Å². The minimum atomic E-state index is -0.308. The summed E-state index contributed by atoms with van der Waals surface area (Å²) < 4.78 is 0. The number of aryl methyl sites for hydroxylation is 1. The van der Waals surface area contributed by atoms with Crippen molar-refractivity contribution in [3.63, 3.8) is 0 Å². The van der Waals surface area contributed by atoms with E-state index in [1.54, 1.807) is 6.07 Å². The van der Waals surface area contributed by atoms with Crippen molar-refractivity contribution in [2.75, 3.05) is 24.5 Å². The molecule has 2 aliphatic rings. The molecule has 0 spiro atoms. The highest BCUT2D eigenvalue weighted by Gasteiger charge is 2.33. The second kappa shape index (κ2) is 5.64. The van der Waals surface area contributed by atoms with Crippen molar-refractivity contribution in [3.05, 3.63) is 33.9 Å². The van der Waals surface area contributed by atoms with E-state index in [0.29, 0.717) is 12.1 Å². The molecular formula is C16H23N3O2. The van der Waals surface area contributed by atoms with E-state index in [9.17, 15) is 10.1 Å². The molecule has 3 rings (SSSR count). The summed E-state index contributed by atoms with van der Waals surface area (Å²) in [7, 11) is 0. The standard InChI is InChI=1S/C16H23N3O2/c1-12-10-14(5-6-16(12)19(20)21)17-9-7-15(11-17)18-8-3-4-13(18)2/h5-6,10,13,15H,3-4,7-9,11H2,1-2H3/t13-,15+/m1/s1. The molecule has 2 atom stereocenters. The number of likely N-dealkylation sites (tertiary alicyclic amines) is 1. The second-order valence-corrected chi connectivity index (χ2v) is 6.35. The summed E-state index contributed by atoms with van der Waals surface area (Å²) >= 11 is 0. The number of nitro groups is 1. The molecule has 21 heavy (non-hydrogen) atoms. The molecule has 0 N–H and O–H groups in total. The minimum Gasteiger partial charge on any atom is -0.370 e. The lowest BCUT2D eigenvalue weighted by Crippen LogP contribution is -2.39. The quantitative estimate of drug-likeness (QED) is 0.634. The van der Waals surface area contributed by atoms with Crippen molar-refractivity contribution in [3.8, 4) is 0 Å². The van der Waals surface area contributed by atoms with Gasteiger partial charge in [-0.05, 0) is 51.8 Å². The van der Waals surface area contributed by atoms with Gasteiger partial charge in [-0.15, -0.1) is 0 Å². The fourth-order valence-electron chi connectivity index (χ4n) is 3.79. The third-order valence-electron chi connectivity index (χ3n) is 4.98. The highest BCUT2D eigenvalue weighted by Crippen LogP contribution is 2.30. The summed E-state index contributed by atoms with van der Waals surface area (Å²) in [6, 6.07) is 6.82. The van der Waals surface area contributed by atoms with E-state index in [2.05, 4.69) is 16.7 Å². The van der Waals surface area contributed by atoms with Crippen LogP contribution < -0.4 is 4.90 Å². The maximum absolute atomic E-state index is 10.9. The number of nitro benzene ring substituents is 1. The van der Waals surface area contributed by atoms with Crippen molar-refractivity contribution < 1.29 is 4.92 Å². The van der Waals surface area contributed by atoms with Gasteiger partial charge in [-0.2, -0.15) is 0 Å². The monoisotopic (exact) mass is 289 g/mol. The van der Waals surface area contributed by atoms with Crippen LogP contribution >= 0.6 is 0 Å². The molecule has 0 unspecified atom stereocenters. The zero-order chi connectivity index (χ0) is 15.0. The third-order valence-corrected chi connectivity index (χ3v) is 4.98. The Morgan fingerprint density at radius 1 is 1.29 bits per heavy atom. The average Bonchev–Trinajstić information content (AvgIpc) is 3.06. The molecule has 1 aromatic rings. The van der Waals surface area contributed by atoms with Crippen LogP contribution in [0.15, 0.2) is 18.2 Å². The maximum Gasteiger partial charge on any atom is 0.272 e. The molecule has 114 valence electrons. The molecule has 5 nitrogen and oxygen atoms in total. The predicted molar refractivity (Wildman–Crippen MR) is 83.9 cm³/mol. The number of anilines is 1. The number of hydrogen-bond donors (Lipinski definition) is 0. The van der Waals surface area contributed by atoms with Gasteiger partial charge >= 0.3 is 0 Å². The molecule has 1 aromatic carbocycles. The Morgan fingerprint density at radius 2 is 2.10 bits per heavy atom. The molecular weight excluding hydrogens is 266 g/mol. The van der Waals surface area contributed by atoms with E-state index in [0.717, 1.165) is 24.3 Å². The number of nitrogens with zero attached hydrogens (tertiary/aromatic N) is 3. The Labute approximate surface area is 125 Å². The van der Waals surface area contributed by atoms with Crippen LogP contribution in [0.4, 0.5) is 11.4 Å². The van der Waals surface area contributed by atoms with Crippen LogP contribution in [0.25, 0.3) is 0 Å². The zero-order valence-corrected chi connectivity index (χ0v) is 12.8. The van der Waals surface area contributed by atoms with Gasteiger partial charge in [0, 0.05) is 42.5 Å². The molecule has 0 bridgehead atoms. The van der Waals surface area contributed by atoms with Gasteiger partial charge in [0.25, 0.3) is 5.69 Å². The molecule has 0 amide bonds. The minimum absolute atomic E-state index is 0.211. The van der Waals surface area contributed by atoms with Crippen LogP contribution in [-0.2, 0) is 0 Å². The van der Waals surface area contributed by atoms with Crippen LogP contribution in [0.1, 0.15) is 31.7 Å². The van der Waals surface area contributed by atoms with Crippen LogP contribution in [0.2, 0.25) is 0 Å². The van der Waals surface area contributed by atoms with Crippen molar-refractivity contribution in [1.29, 1.82) is 0 Å². The Bertz CT molecular complexity index is 546. The van der Waals surface area contributed by atoms with Gasteiger partial charge in [0.2, 0.25) is 0 Å². The average molecular weight is 289 g/mol. The SMILES string of the molecule is Cc1cc(N2CC[C@H](N3CCC[C@H]3C)C2)ccc1[N+](=O)[O-]. The van der Waals surface area contributed by atoms with E-state index in [1.807, 2.05) is 19.1 Å². The molecule has 2 heterocycles. The summed E-state index contributed by atoms with van der Waals surface area (Å²) in [5.41, 5.74) is 2.07.